The van der Waals surface area contributed by atoms with E-state index in [1.54, 1.807) is 0 Å². The molecule has 2 aliphatic heterocycles. The van der Waals surface area contributed by atoms with Crippen LogP contribution in [0.3, 0.4) is 0 Å². The zero-order valence-electron chi connectivity index (χ0n) is 9.47. The molecule has 0 unspecified atom stereocenters. The van der Waals surface area contributed by atoms with Crippen LogP contribution in [0.1, 0.15) is 5.56 Å². The van der Waals surface area contributed by atoms with E-state index in [0.717, 1.165) is 5.56 Å². The maximum absolute atomic E-state index is 11.9. The van der Waals surface area contributed by atoms with Gasteiger partial charge in [0.2, 0.25) is 0 Å². The Bertz CT molecular complexity index is 610. The molecule has 3 rings (SSSR count). The molecule has 1 aromatic carbocycles. The molecular weight excluding hydrogens is 228 g/mol. The minimum Gasteiger partial charge on any atom is -0.339 e. The highest BCUT2D eigenvalue weighted by molar-refractivity contribution is 5.98. The van der Waals surface area contributed by atoms with Crippen molar-refractivity contribution in [2.45, 2.75) is 0 Å². The molecule has 5 heteroatoms. The number of nitrogens with one attached hydrogen (secondary N) is 2. The van der Waals surface area contributed by atoms with E-state index >= 15 is 0 Å². The summed E-state index contributed by atoms with van der Waals surface area (Å²) in [6.07, 6.45) is 1.52. The molecule has 2 heterocycles. The van der Waals surface area contributed by atoms with Crippen LogP contribution < -0.4 is 10.7 Å². The zero-order chi connectivity index (χ0) is 12.5. The van der Waals surface area contributed by atoms with Crippen molar-refractivity contribution >= 4 is 11.6 Å². The molecule has 18 heavy (non-hydrogen) atoms. The third-order valence-corrected chi connectivity index (χ3v) is 2.88. The Labute approximate surface area is 104 Å². The van der Waals surface area contributed by atoms with E-state index in [9.17, 15) is 4.79 Å². The normalized spacial score (nSPS) is 18.1. The monoisotopic (exact) mass is 238 g/mol. The molecule has 0 fully saturated rings. The largest absolute Gasteiger partial charge is 0.339 e. The number of carbonyl (C=O) groups is 1. The molecule has 0 spiro atoms. The molecule has 0 aliphatic carbocycles. The number of hydrogen-bond acceptors (Lipinski definition) is 4. The van der Waals surface area contributed by atoms with Gasteiger partial charge in [0.05, 0.1) is 23.9 Å². The van der Waals surface area contributed by atoms with E-state index in [1.807, 2.05) is 30.3 Å². The maximum atomic E-state index is 11.9. The smallest absolute Gasteiger partial charge is 0.268 e. The van der Waals surface area contributed by atoms with Crippen LogP contribution in [-0.4, -0.2) is 17.5 Å². The first-order chi connectivity index (χ1) is 8.79. The van der Waals surface area contributed by atoms with Crippen LogP contribution in [0, 0.1) is 11.3 Å². The highest BCUT2D eigenvalue weighted by Gasteiger charge is 2.31. The van der Waals surface area contributed by atoms with Crippen molar-refractivity contribution in [1.82, 2.24) is 15.8 Å². The molecule has 2 aliphatic rings. The first kappa shape index (κ1) is 10.6. The van der Waals surface area contributed by atoms with Crippen LogP contribution in [0.5, 0.6) is 0 Å². The Morgan fingerprint density at radius 2 is 2.06 bits per heavy atom. The number of rotatable bonds is 1. The number of benzene rings is 1. The van der Waals surface area contributed by atoms with Crippen molar-refractivity contribution in [1.29, 1.82) is 5.26 Å². The van der Waals surface area contributed by atoms with E-state index in [1.165, 1.54) is 11.1 Å². The number of amides is 1. The summed E-state index contributed by atoms with van der Waals surface area (Å²) in [6.45, 7) is 0.375. The summed E-state index contributed by atoms with van der Waals surface area (Å²) >= 11 is 0. The number of nitrogens with zero attached hydrogens (tertiary/aromatic N) is 2. The molecule has 0 bridgehead atoms. The molecule has 0 radical (unpaired) electrons. The van der Waals surface area contributed by atoms with Crippen molar-refractivity contribution in [3.63, 3.8) is 0 Å². The van der Waals surface area contributed by atoms with Gasteiger partial charge in [-0.2, -0.15) is 5.26 Å². The Kier molecular flexibility index (Phi) is 2.36. The summed E-state index contributed by atoms with van der Waals surface area (Å²) in [5.41, 5.74) is 5.02. The molecule has 1 aromatic rings. The molecule has 0 saturated heterocycles. The van der Waals surface area contributed by atoms with Crippen LogP contribution in [0.15, 0.2) is 47.8 Å². The van der Waals surface area contributed by atoms with Gasteiger partial charge in [0.15, 0.2) is 0 Å². The van der Waals surface area contributed by atoms with Gasteiger partial charge < -0.3 is 5.32 Å². The third kappa shape index (κ3) is 1.56. The summed E-state index contributed by atoms with van der Waals surface area (Å²) in [7, 11) is 0. The van der Waals surface area contributed by atoms with Gasteiger partial charge in [-0.15, -0.1) is 0 Å². The number of nitriles is 1. The van der Waals surface area contributed by atoms with Gasteiger partial charge >= 0.3 is 0 Å². The van der Waals surface area contributed by atoms with Crippen LogP contribution in [-0.2, 0) is 4.79 Å². The Morgan fingerprint density at radius 1 is 1.28 bits per heavy atom. The average molecular weight is 238 g/mol. The summed E-state index contributed by atoms with van der Waals surface area (Å²) in [6, 6.07) is 11.6. The minimum absolute atomic E-state index is 0.173. The van der Waals surface area contributed by atoms with Crippen LogP contribution in [0.2, 0.25) is 0 Å². The number of hydrogen-bond donors (Lipinski definition) is 2. The van der Waals surface area contributed by atoms with E-state index in [4.69, 9.17) is 5.26 Å². The van der Waals surface area contributed by atoms with E-state index in [2.05, 4.69) is 16.8 Å². The van der Waals surface area contributed by atoms with Crippen LogP contribution in [0.25, 0.3) is 5.70 Å². The predicted octanol–water partition coefficient (Wildman–Crippen LogP) is 0.713. The van der Waals surface area contributed by atoms with Gasteiger partial charge in [-0.1, -0.05) is 30.3 Å². The number of fused-ring (bicyclic) bond motifs is 1. The summed E-state index contributed by atoms with van der Waals surface area (Å²) in [4.78, 5) is 11.9. The van der Waals surface area contributed by atoms with E-state index in [-0.39, 0.29) is 5.91 Å². The molecule has 5 nitrogen and oxygen atoms in total. The second-order valence-electron chi connectivity index (χ2n) is 4.00. The molecule has 0 atom stereocenters. The second-order valence-corrected chi connectivity index (χ2v) is 4.00. The van der Waals surface area contributed by atoms with Gasteiger partial charge in [0.1, 0.15) is 5.82 Å². The number of hydrazine groups is 1. The maximum Gasteiger partial charge on any atom is 0.268 e. The quantitative estimate of drug-likeness (QED) is 0.756. The summed E-state index contributed by atoms with van der Waals surface area (Å²) < 4.78 is 0. The lowest BCUT2D eigenvalue weighted by molar-refractivity contribution is -0.126. The lowest BCUT2D eigenvalue weighted by Gasteiger charge is -2.26. The zero-order valence-corrected chi connectivity index (χ0v) is 9.47. The van der Waals surface area contributed by atoms with Crippen molar-refractivity contribution in [3.05, 3.63) is 53.4 Å². The molecule has 88 valence electrons. The van der Waals surface area contributed by atoms with Gasteiger partial charge in [-0.25, -0.2) is 10.4 Å². The standard InChI is InChI=1S/C13H10N4O/c14-7-10-8-15-17-12(18)6-11(16-13(10)17)9-4-2-1-3-5-9/h1-6,15-16H,8H2. The Hall–Kier alpha value is -2.58. The average Bonchev–Trinajstić information content (AvgIpc) is 2.83. The highest BCUT2D eigenvalue weighted by Crippen LogP contribution is 2.23. The van der Waals surface area contributed by atoms with Gasteiger partial charge in [0, 0.05) is 6.08 Å². The lowest BCUT2D eigenvalue weighted by Crippen LogP contribution is -2.43. The summed E-state index contributed by atoms with van der Waals surface area (Å²) in [5, 5.41) is 13.5. The van der Waals surface area contributed by atoms with Crippen molar-refractivity contribution < 1.29 is 4.79 Å². The van der Waals surface area contributed by atoms with E-state index in [0.29, 0.717) is 23.6 Å². The van der Waals surface area contributed by atoms with Crippen molar-refractivity contribution in [3.8, 4) is 6.07 Å². The first-order valence-corrected chi connectivity index (χ1v) is 5.54. The molecule has 0 aromatic heterocycles. The van der Waals surface area contributed by atoms with E-state index < -0.39 is 0 Å². The molecule has 0 saturated carbocycles. The summed E-state index contributed by atoms with van der Waals surface area (Å²) in [5.74, 6) is 0.358. The lowest BCUT2D eigenvalue weighted by atomic mass is 10.1. The fraction of sp³-hybridized carbons (Fsp3) is 0.0769. The minimum atomic E-state index is -0.173. The second kappa shape index (κ2) is 4.02. The van der Waals surface area contributed by atoms with Gasteiger partial charge in [0.25, 0.3) is 5.91 Å². The molecular formula is C13H10N4O. The fourth-order valence-electron chi connectivity index (χ4n) is 1.99. The fourth-order valence-corrected chi connectivity index (χ4v) is 1.99. The van der Waals surface area contributed by atoms with Crippen LogP contribution >= 0.6 is 0 Å². The molecule has 2 N–H and O–H groups in total. The SMILES string of the molecule is N#CC1=C2NC(c3ccccc3)=CC(=O)N2NC1. The van der Waals surface area contributed by atoms with Crippen LogP contribution in [0.4, 0.5) is 0 Å². The third-order valence-electron chi connectivity index (χ3n) is 2.88. The molecule has 1 amide bonds. The number of carbonyl (C=O) groups excluding carboxylic acids is 1. The van der Waals surface area contributed by atoms with Crippen molar-refractivity contribution in [2.24, 2.45) is 0 Å². The Balaban J connectivity index is 2.03. The van der Waals surface area contributed by atoms with Gasteiger partial charge in [-0.05, 0) is 5.56 Å². The topological polar surface area (TPSA) is 68.2 Å². The first-order valence-electron chi connectivity index (χ1n) is 5.54. The predicted molar refractivity (Wildman–Crippen MR) is 65.0 cm³/mol. The Morgan fingerprint density at radius 3 is 2.78 bits per heavy atom. The highest BCUT2D eigenvalue weighted by atomic mass is 16.2. The van der Waals surface area contributed by atoms with Gasteiger partial charge in [-0.3, -0.25) is 4.79 Å². The van der Waals surface area contributed by atoms with Crippen molar-refractivity contribution in [2.75, 3.05) is 6.54 Å².